The largest absolute Gasteiger partial charge is 0.345 e. The van der Waals surface area contributed by atoms with Crippen molar-refractivity contribution in [2.75, 3.05) is 12.4 Å². The van der Waals surface area contributed by atoms with Gasteiger partial charge in [-0.1, -0.05) is 0 Å². The van der Waals surface area contributed by atoms with Crippen LogP contribution in [0.4, 0.5) is 0 Å². The fraction of sp³-hybridized carbons (Fsp3) is 0.706. The Morgan fingerprint density at radius 3 is 2.19 bits per heavy atom. The highest BCUT2D eigenvalue weighted by molar-refractivity contribution is 6.28. The van der Waals surface area contributed by atoms with Gasteiger partial charge in [0.25, 0.3) is 0 Å². The van der Waals surface area contributed by atoms with Gasteiger partial charge in [0, 0.05) is 13.5 Å². The smallest absolute Gasteiger partial charge is 0.245 e. The van der Waals surface area contributed by atoms with Crippen molar-refractivity contribution in [2.45, 2.75) is 64.7 Å². The molecule has 1 rings (SSSR count). The average molecular weight is 403 g/mol. The van der Waals surface area contributed by atoms with Crippen LogP contribution in [0, 0.1) is 0 Å². The van der Waals surface area contributed by atoms with Crippen molar-refractivity contribution in [3.63, 3.8) is 0 Å². The van der Waals surface area contributed by atoms with Crippen molar-refractivity contribution in [2.24, 2.45) is 0 Å². The minimum absolute atomic E-state index is 0.204. The number of hydrogen-bond donors (Lipinski definition) is 3. The van der Waals surface area contributed by atoms with Crippen LogP contribution in [0.2, 0.25) is 0 Å². The molecule has 1 unspecified atom stereocenters. The maximum atomic E-state index is 12.7. The van der Waals surface area contributed by atoms with Crippen LogP contribution in [0.25, 0.3) is 0 Å². The van der Waals surface area contributed by atoms with E-state index in [2.05, 4.69) is 16.0 Å². The van der Waals surface area contributed by atoms with Crippen molar-refractivity contribution >= 4 is 41.0 Å². The number of Topliss-reactive ketones (excluding diaryl/α,β-unsaturated/α-hetero) is 1. The molecular formula is C17H27ClN4O5. The van der Waals surface area contributed by atoms with Gasteiger partial charge in [-0.2, -0.15) is 0 Å². The van der Waals surface area contributed by atoms with Crippen LogP contribution in [-0.4, -0.2) is 70.9 Å². The Balaban J connectivity index is 2.69. The second kappa shape index (κ2) is 10.2. The molecule has 0 aliphatic carbocycles. The third-order valence-corrected chi connectivity index (χ3v) is 4.62. The molecule has 10 heteroatoms. The Morgan fingerprint density at radius 1 is 1.00 bits per heavy atom. The van der Waals surface area contributed by atoms with Gasteiger partial charge in [0.15, 0.2) is 5.78 Å². The number of nitrogens with zero attached hydrogens (tertiary/aromatic N) is 1. The number of carbonyl (C=O) groups excluding carboxylic acids is 5. The van der Waals surface area contributed by atoms with Crippen LogP contribution >= 0.6 is 11.6 Å². The Labute approximate surface area is 163 Å². The summed E-state index contributed by atoms with van der Waals surface area (Å²) in [5.74, 6) is -2.18. The van der Waals surface area contributed by atoms with Crippen molar-refractivity contribution in [1.82, 2.24) is 20.9 Å². The van der Waals surface area contributed by atoms with Crippen LogP contribution in [0.3, 0.4) is 0 Å². The van der Waals surface area contributed by atoms with Gasteiger partial charge in [-0.05, 0) is 33.6 Å². The minimum atomic E-state index is -0.857. The normalized spacial score (nSPS) is 19.6. The van der Waals surface area contributed by atoms with E-state index in [1.165, 1.54) is 32.6 Å². The Kier molecular flexibility index (Phi) is 8.68. The minimum Gasteiger partial charge on any atom is -0.345 e. The standard InChI is InChI=1S/C17H27ClN4O5/c1-9(14(24)8-18)20-16(26)13-6-5-7-22(13)17(27)11(3)21-15(25)10(2)19-12(4)23/h9-11,13H,5-8H2,1-4H3,(H,19,23)(H,20,26)(H,21,25)/t9?,10-,11-,13-/m0/s1. The third kappa shape index (κ3) is 6.50. The predicted molar refractivity (Wildman–Crippen MR) is 99.0 cm³/mol. The zero-order valence-corrected chi connectivity index (χ0v) is 16.8. The molecule has 0 aromatic heterocycles. The SMILES string of the molecule is CC(=O)N[C@@H](C)C(=O)N[C@@H](C)C(=O)N1CCC[C@H]1C(=O)NC(C)C(=O)CCl. The van der Waals surface area contributed by atoms with Crippen molar-refractivity contribution in [1.29, 1.82) is 0 Å². The molecule has 1 aliphatic heterocycles. The number of ketones is 1. The monoisotopic (exact) mass is 402 g/mol. The summed E-state index contributed by atoms with van der Waals surface area (Å²) in [6.07, 6.45) is 1.12. The first-order valence-corrected chi connectivity index (χ1v) is 9.39. The van der Waals surface area contributed by atoms with Crippen molar-refractivity contribution in [3.05, 3.63) is 0 Å². The Morgan fingerprint density at radius 2 is 1.63 bits per heavy atom. The Bertz CT molecular complexity index is 612. The van der Waals surface area contributed by atoms with Gasteiger partial charge >= 0.3 is 0 Å². The molecule has 0 aromatic carbocycles. The summed E-state index contributed by atoms with van der Waals surface area (Å²) in [6.45, 7) is 6.25. The van der Waals surface area contributed by atoms with Gasteiger partial charge in [0.05, 0.1) is 11.9 Å². The van der Waals surface area contributed by atoms with E-state index in [0.29, 0.717) is 19.4 Å². The van der Waals surface area contributed by atoms with Crippen LogP contribution in [0.15, 0.2) is 0 Å². The van der Waals surface area contributed by atoms with Crippen LogP contribution < -0.4 is 16.0 Å². The molecule has 0 spiro atoms. The second-order valence-electron chi connectivity index (χ2n) is 6.67. The maximum Gasteiger partial charge on any atom is 0.245 e. The van der Waals surface area contributed by atoms with E-state index in [4.69, 9.17) is 11.6 Å². The van der Waals surface area contributed by atoms with Crippen molar-refractivity contribution in [3.8, 4) is 0 Å². The highest BCUT2D eigenvalue weighted by Gasteiger charge is 2.37. The molecule has 27 heavy (non-hydrogen) atoms. The van der Waals surface area contributed by atoms with Crippen LogP contribution in [-0.2, 0) is 24.0 Å². The first-order chi connectivity index (χ1) is 12.6. The average Bonchev–Trinajstić information content (AvgIpc) is 3.09. The van der Waals surface area contributed by atoms with E-state index in [1.807, 2.05) is 0 Å². The summed E-state index contributed by atoms with van der Waals surface area (Å²) >= 11 is 5.48. The number of amides is 4. The van der Waals surface area contributed by atoms with E-state index in [9.17, 15) is 24.0 Å². The molecule has 1 saturated heterocycles. The molecule has 0 aromatic rings. The van der Waals surface area contributed by atoms with Gasteiger partial charge in [-0.25, -0.2) is 0 Å². The summed E-state index contributed by atoms with van der Waals surface area (Å²) in [6, 6.07) is -3.07. The summed E-state index contributed by atoms with van der Waals surface area (Å²) in [5, 5.41) is 7.55. The first kappa shape index (κ1) is 22.9. The fourth-order valence-corrected chi connectivity index (χ4v) is 3.06. The van der Waals surface area contributed by atoms with E-state index < -0.39 is 41.9 Å². The van der Waals surface area contributed by atoms with E-state index >= 15 is 0 Å². The lowest BCUT2D eigenvalue weighted by Crippen LogP contribution is -2.56. The van der Waals surface area contributed by atoms with Gasteiger partial charge < -0.3 is 20.9 Å². The van der Waals surface area contributed by atoms with E-state index in [0.717, 1.165) is 0 Å². The molecule has 4 atom stereocenters. The zero-order valence-electron chi connectivity index (χ0n) is 16.0. The number of likely N-dealkylation sites (tertiary alicyclic amines) is 1. The summed E-state index contributed by atoms with van der Waals surface area (Å²) in [5.41, 5.74) is 0. The second-order valence-corrected chi connectivity index (χ2v) is 6.94. The molecule has 3 N–H and O–H groups in total. The number of hydrogen-bond acceptors (Lipinski definition) is 5. The number of alkyl halides is 1. The quantitative estimate of drug-likeness (QED) is 0.464. The van der Waals surface area contributed by atoms with Crippen LogP contribution in [0.5, 0.6) is 0 Å². The predicted octanol–water partition coefficient (Wildman–Crippen LogP) is -0.681. The maximum absolute atomic E-state index is 12.7. The van der Waals surface area contributed by atoms with Gasteiger partial charge in [-0.3, -0.25) is 24.0 Å². The molecule has 1 aliphatic rings. The topological polar surface area (TPSA) is 125 Å². The van der Waals surface area contributed by atoms with Gasteiger partial charge in [0.2, 0.25) is 23.6 Å². The third-order valence-electron chi connectivity index (χ3n) is 4.35. The highest BCUT2D eigenvalue weighted by atomic mass is 35.5. The molecule has 152 valence electrons. The summed E-state index contributed by atoms with van der Waals surface area (Å²) in [7, 11) is 0. The molecular weight excluding hydrogens is 376 g/mol. The lowest BCUT2D eigenvalue weighted by Gasteiger charge is -2.28. The molecule has 1 fully saturated rings. The molecule has 4 amide bonds. The van der Waals surface area contributed by atoms with E-state index in [-0.39, 0.29) is 17.6 Å². The molecule has 1 heterocycles. The fourth-order valence-electron chi connectivity index (χ4n) is 2.83. The molecule has 0 radical (unpaired) electrons. The van der Waals surface area contributed by atoms with Gasteiger partial charge in [-0.15, -0.1) is 11.6 Å². The number of rotatable bonds is 8. The molecule has 0 saturated carbocycles. The van der Waals surface area contributed by atoms with Crippen molar-refractivity contribution < 1.29 is 24.0 Å². The lowest BCUT2D eigenvalue weighted by atomic mass is 10.1. The lowest BCUT2D eigenvalue weighted by molar-refractivity contribution is -0.141. The van der Waals surface area contributed by atoms with Gasteiger partial charge in [0.1, 0.15) is 18.1 Å². The summed E-state index contributed by atoms with van der Waals surface area (Å²) in [4.78, 5) is 61.1. The highest BCUT2D eigenvalue weighted by Crippen LogP contribution is 2.19. The van der Waals surface area contributed by atoms with E-state index in [1.54, 1.807) is 0 Å². The Hall–Kier alpha value is -2.16. The summed E-state index contributed by atoms with van der Waals surface area (Å²) < 4.78 is 0. The number of nitrogens with one attached hydrogen (secondary N) is 3. The molecule has 9 nitrogen and oxygen atoms in total. The van der Waals surface area contributed by atoms with Crippen LogP contribution in [0.1, 0.15) is 40.5 Å². The number of halogens is 1. The first-order valence-electron chi connectivity index (χ1n) is 8.85. The number of carbonyl (C=O) groups is 5. The molecule has 0 bridgehead atoms. The zero-order chi connectivity index (χ0) is 20.7.